The second kappa shape index (κ2) is 8.30. The molecule has 6 heteroatoms. The molecular weight excluding hydrogens is 320 g/mol. The van der Waals surface area contributed by atoms with Crippen LogP contribution in [-0.4, -0.2) is 24.5 Å². The van der Waals surface area contributed by atoms with Crippen LogP contribution in [0.1, 0.15) is 24.5 Å². The molecule has 6 nitrogen and oxygen atoms in total. The van der Waals surface area contributed by atoms with E-state index in [1.54, 1.807) is 24.3 Å². The first-order chi connectivity index (χ1) is 12.2. The zero-order valence-corrected chi connectivity index (χ0v) is 13.7. The minimum absolute atomic E-state index is 0.350. The monoisotopic (exact) mass is 340 g/mol. The van der Waals surface area contributed by atoms with Gasteiger partial charge < -0.3 is 9.47 Å². The molecule has 2 aromatic rings. The normalized spacial score (nSPS) is 17.5. The number of amides is 2. The van der Waals surface area contributed by atoms with Crippen LogP contribution in [-0.2, 0) is 14.3 Å². The van der Waals surface area contributed by atoms with Crippen LogP contribution in [0.2, 0.25) is 0 Å². The summed E-state index contributed by atoms with van der Waals surface area (Å²) < 4.78 is 11.1. The van der Waals surface area contributed by atoms with Crippen LogP contribution in [0.3, 0.4) is 0 Å². The van der Waals surface area contributed by atoms with Crippen molar-refractivity contribution in [2.24, 2.45) is 0 Å². The number of nitrogens with one attached hydrogen (secondary N) is 2. The van der Waals surface area contributed by atoms with E-state index in [9.17, 15) is 9.59 Å². The fraction of sp³-hybridized carbons (Fsp3) is 0.263. The van der Waals surface area contributed by atoms with Crippen LogP contribution in [0.15, 0.2) is 60.7 Å². The molecule has 1 saturated heterocycles. The van der Waals surface area contributed by atoms with Gasteiger partial charge in [-0.25, -0.2) is 0 Å². The maximum Gasteiger partial charge on any atom is 0.284 e. The van der Waals surface area contributed by atoms with Gasteiger partial charge in [-0.05, 0) is 25.0 Å². The summed E-state index contributed by atoms with van der Waals surface area (Å²) in [5, 5.41) is 0. The van der Waals surface area contributed by atoms with Gasteiger partial charge in [-0.3, -0.25) is 20.4 Å². The largest absolute Gasteiger partial charge is 0.476 e. The molecule has 1 heterocycles. The number of para-hydroxylation sites is 1. The Morgan fingerprint density at radius 1 is 1.00 bits per heavy atom. The zero-order chi connectivity index (χ0) is 17.5. The van der Waals surface area contributed by atoms with Gasteiger partial charge in [-0.15, -0.1) is 0 Å². The molecule has 2 amide bonds. The highest BCUT2D eigenvalue weighted by Gasteiger charge is 2.26. The average Bonchev–Trinajstić information content (AvgIpc) is 3.20. The van der Waals surface area contributed by atoms with E-state index in [4.69, 9.17) is 9.47 Å². The average molecular weight is 340 g/mol. The molecule has 0 saturated carbocycles. The molecule has 0 radical (unpaired) electrons. The number of ether oxygens (including phenoxy) is 2. The minimum atomic E-state index is -0.881. The Bertz CT molecular complexity index is 700. The van der Waals surface area contributed by atoms with Crippen LogP contribution >= 0.6 is 0 Å². The molecule has 2 N–H and O–H groups in total. The van der Waals surface area contributed by atoms with Gasteiger partial charge in [0, 0.05) is 12.2 Å². The molecule has 2 atom stereocenters. The third-order valence-electron chi connectivity index (χ3n) is 3.87. The highest BCUT2D eigenvalue weighted by Crippen LogP contribution is 2.22. The fourth-order valence-electron chi connectivity index (χ4n) is 2.59. The van der Waals surface area contributed by atoms with Gasteiger partial charge in [0.05, 0.1) is 0 Å². The first kappa shape index (κ1) is 17.0. The highest BCUT2D eigenvalue weighted by atomic mass is 16.5. The summed E-state index contributed by atoms with van der Waals surface area (Å²) in [5.41, 5.74) is 5.54. The maximum atomic E-state index is 12.6. The number of hydrogen-bond acceptors (Lipinski definition) is 4. The maximum absolute atomic E-state index is 12.6. The van der Waals surface area contributed by atoms with Crippen molar-refractivity contribution in [2.45, 2.75) is 25.0 Å². The number of carbonyl (C=O) groups is 2. The van der Waals surface area contributed by atoms with Crippen LogP contribution < -0.4 is 15.6 Å². The Kier molecular flexibility index (Phi) is 5.64. The summed E-state index contributed by atoms with van der Waals surface area (Å²) in [6.07, 6.45) is 0.110. The smallest absolute Gasteiger partial charge is 0.284 e. The van der Waals surface area contributed by atoms with Gasteiger partial charge in [-0.2, -0.15) is 0 Å². The van der Waals surface area contributed by atoms with E-state index in [-0.39, 0.29) is 5.91 Å². The fourth-order valence-corrected chi connectivity index (χ4v) is 2.59. The topological polar surface area (TPSA) is 76.7 Å². The summed E-state index contributed by atoms with van der Waals surface area (Å²) >= 11 is 0. The summed E-state index contributed by atoms with van der Waals surface area (Å²) in [6, 6.07) is 18.2. The standard InChI is InChI=1S/C19H20N2O4/c22-18(16-12-7-13-24-16)20-21-19(23)17(14-8-3-1-4-9-14)25-15-10-5-2-6-11-15/h1-6,8-11,16-17H,7,12-13H2,(H,20,22)(H,21,23). The van der Waals surface area contributed by atoms with Crippen molar-refractivity contribution in [3.63, 3.8) is 0 Å². The van der Waals surface area contributed by atoms with Gasteiger partial charge in [-0.1, -0.05) is 48.5 Å². The molecule has 0 spiro atoms. The lowest BCUT2D eigenvalue weighted by atomic mass is 10.1. The predicted molar refractivity (Wildman–Crippen MR) is 91.5 cm³/mol. The van der Waals surface area contributed by atoms with Crippen molar-refractivity contribution >= 4 is 11.8 Å². The van der Waals surface area contributed by atoms with Crippen LogP contribution in [0.5, 0.6) is 5.75 Å². The lowest BCUT2D eigenvalue weighted by Gasteiger charge is -2.20. The molecule has 2 aromatic carbocycles. The van der Waals surface area contributed by atoms with Gasteiger partial charge in [0.2, 0.25) is 6.10 Å². The van der Waals surface area contributed by atoms with Crippen LogP contribution in [0, 0.1) is 0 Å². The second-order valence-corrected chi connectivity index (χ2v) is 5.70. The Balaban J connectivity index is 1.67. The van der Waals surface area contributed by atoms with Crippen molar-refractivity contribution in [3.05, 3.63) is 66.2 Å². The number of benzene rings is 2. The van der Waals surface area contributed by atoms with E-state index in [1.807, 2.05) is 36.4 Å². The predicted octanol–water partition coefficient (Wildman–Crippen LogP) is 2.13. The zero-order valence-electron chi connectivity index (χ0n) is 13.7. The van der Waals surface area contributed by atoms with Crippen molar-refractivity contribution in [1.29, 1.82) is 0 Å². The first-order valence-electron chi connectivity index (χ1n) is 8.22. The van der Waals surface area contributed by atoms with Gasteiger partial charge in [0.15, 0.2) is 0 Å². The van der Waals surface area contributed by atoms with E-state index in [0.717, 1.165) is 6.42 Å². The Morgan fingerprint density at radius 3 is 2.32 bits per heavy atom. The number of hydrazine groups is 1. The molecule has 3 rings (SSSR count). The molecule has 1 aliphatic rings. The molecule has 1 fully saturated rings. The van der Waals surface area contributed by atoms with Crippen LogP contribution in [0.4, 0.5) is 0 Å². The third-order valence-corrected chi connectivity index (χ3v) is 3.87. The summed E-state index contributed by atoms with van der Waals surface area (Å²) in [7, 11) is 0. The second-order valence-electron chi connectivity index (χ2n) is 5.70. The van der Waals surface area contributed by atoms with E-state index in [2.05, 4.69) is 10.9 Å². The van der Waals surface area contributed by atoms with Gasteiger partial charge in [0.25, 0.3) is 11.8 Å². The summed E-state index contributed by atoms with van der Waals surface area (Å²) in [6.45, 7) is 0.565. The molecule has 0 aliphatic carbocycles. The van der Waals surface area contributed by atoms with E-state index >= 15 is 0 Å². The van der Waals surface area contributed by atoms with Crippen molar-refractivity contribution in [1.82, 2.24) is 10.9 Å². The third kappa shape index (κ3) is 4.58. The van der Waals surface area contributed by atoms with Gasteiger partial charge in [0.1, 0.15) is 11.9 Å². The van der Waals surface area contributed by atoms with Crippen molar-refractivity contribution in [3.8, 4) is 5.75 Å². The Hall–Kier alpha value is -2.86. The first-order valence-corrected chi connectivity index (χ1v) is 8.22. The molecular formula is C19H20N2O4. The molecule has 130 valence electrons. The molecule has 0 aromatic heterocycles. The van der Waals surface area contributed by atoms with Crippen LogP contribution in [0.25, 0.3) is 0 Å². The minimum Gasteiger partial charge on any atom is -0.476 e. The Morgan fingerprint density at radius 2 is 1.68 bits per heavy atom. The van der Waals surface area contributed by atoms with Crippen molar-refractivity contribution in [2.75, 3.05) is 6.61 Å². The highest BCUT2D eigenvalue weighted by molar-refractivity contribution is 5.87. The van der Waals surface area contributed by atoms with E-state index in [0.29, 0.717) is 24.3 Å². The molecule has 2 unspecified atom stereocenters. The lowest BCUT2D eigenvalue weighted by Crippen LogP contribution is -2.48. The number of carbonyl (C=O) groups excluding carboxylic acids is 2. The number of hydrogen-bond donors (Lipinski definition) is 2. The van der Waals surface area contributed by atoms with Crippen molar-refractivity contribution < 1.29 is 19.1 Å². The molecule has 0 bridgehead atoms. The van der Waals surface area contributed by atoms with Gasteiger partial charge >= 0.3 is 0 Å². The molecule has 1 aliphatic heterocycles. The lowest BCUT2D eigenvalue weighted by molar-refractivity contribution is -0.137. The molecule has 25 heavy (non-hydrogen) atoms. The summed E-state index contributed by atoms with van der Waals surface area (Å²) in [5.74, 6) is -0.240. The SMILES string of the molecule is O=C(NNC(=O)C(Oc1ccccc1)c1ccccc1)C1CCCO1. The van der Waals surface area contributed by atoms with E-state index in [1.165, 1.54) is 0 Å². The quantitative estimate of drug-likeness (QED) is 0.818. The Labute approximate surface area is 146 Å². The number of rotatable bonds is 5. The summed E-state index contributed by atoms with van der Waals surface area (Å²) in [4.78, 5) is 24.6. The van der Waals surface area contributed by atoms with E-state index < -0.39 is 18.1 Å².